The first kappa shape index (κ1) is 12.0. The minimum absolute atomic E-state index is 0.0644. The zero-order valence-electron chi connectivity index (χ0n) is 8.68. The van der Waals surface area contributed by atoms with E-state index in [1.807, 2.05) is 0 Å². The molecule has 0 spiro atoms. The van der Waals surface area contributed by atoms with Gasteiger partial charge in [0.1, 0.15) is 5.82 Å². The standard InChI is InChI=1S/C11H7F4NS/c1-6-16-5-9(17-6)7-3-2-4-8(10(7)12)11(13,14)15/h2-5H,1H3. The van der Waals surface area contributed by atoms with Crippen molar-refractivity contribution in [2.24, 2.45) is 0 Å². The van der Waals surface area contributed by atoms with Crippen LogP contribution in [0.3, 0.4) is 0 Å². The minimum Gasteiger partial charge on any atom is -0.249 e. The Morgan fingerprint density at radius 3 is 2.47 bits per heavy atom. The van der Waals surface area contributed by atoms with Crippen LogP contribution in [-0.4, -0.2) is 4.98 Å². The third-order valence-electron chi connectivity index (χ3n) is 2.19. The lowest BCUT2D eigenvalue weighted by Gasteiger charge is -2.09. The molecule has 0 amide bonds. The maximum atomic E-state index is 13.7. The molecule has 0 aliphatic rings. The van der Waals surface area contributed by atoms with Crippen molar-refractivity contribution < 1.29 is 17.6 Å². The molecule has 0 bridgehead atoms. The van der Waals surface area contributed by atoms with Crippen LogP contribution < -0.4 is 0 Å². The van der Waals surface area contributed by atoms with Crippen molar-refractivity contribution in [3.63, 3.8) is 0 Å². The molecule has 2 aromatic rings. The van der Waals surface area contributed by atoms with Gasteiger partial charge >= 0.3 is 6.18 Å². The maximum Gasteiger partial charge on any atom is 0.419 e. The average Bonchev–Trinajstić information content (AvgIpc) is 2.63. The van der Waals surface area contributed by atoms with E-state index in [1.165, 1.54) is 18.3 Å². The van der Waals surface area contributed by atoms with Crippen molar-refractivity contribution in [2.75, 3.05) is 0 Å². The van der Waals surface area contributed by atoms with Gasteiger partial charge < -0.3 is 0 Å². The van der Waals surface area contributed by atoms with Gasteiger partial charge in [-0.15, -0.1) is 11.3 Å². The van der Waals surface area contributed by atoms with Crippen LogP contribution in [0.15, 0.2) is 24.4 Å². The monoisotopic (exact) mass is 261 g/mol. The molecular weight excluding hydrogens is 254 g/mol. The molecule has 17 heavy (non-hydrogen) atoms. The predicted octanol–water partition coefficient (Wildman–Crippen LogP) is 4.28. The van der Waals surface area contributed by atoms with E-state index in [-0.39, 0.29) is 5.56 Å². The second-order valence-corrected chi connectivity index (χ2v) is 4.64. The van der Waals surface area contributed by atoms with Crippen LogP contribution in [-0.2, 0) is 6.18 Å². The fourth-order valence-electron chi connectivity index (χ4n) is 1.43. The first-order valence-corrected chi connectivity index (χ1v) is 5.50. The first-order chi connectivity index (χ1) is 7.89. The SMILES string of the molecule is Cc1ncc(-c2cccc(C(F)(F)F)c2F)s1. The predicted molar refractivity (Wildman–Crippen MR) is 57.2 cm³/mol. The van der Waals surface area contributed by atoms with Crippen LogP contribution in [0.5, 0.6) is 0 Å². The van der Waals surface area contributed by atoms with E-state index in [4.69, 9.17) is 0 Å². The minimum atomic E-state index is -4.68. The fourth-order valence-corrected chi connectivity index (χ4v) is 2.22. The Morgan fingerprint density at radius 2 is 1.94 bits per heavy atom. The number of hydrogen-bond donors (Lipinski definition) is 0. The van der Waals surface area contributed by atoms with Gasteiger partial charge in [0.2, 0.25) is 0 Å². The maximum absolute atomic E-state index is 13.7. The molecule has 1 aromatic carbocycles. The zero-order chi connectivity index (χ0) is 12.6. The van der Waals surface area contributed by atoms with Crippen molar-refractivity contribution in [3.8, 4) is 10.4 Å². The summed E-state index contributed by atoms with van der Waals surface area (Å²) in [5.74, 6) is -1.25. The molecule has 1 aromatic heterocycles. The van der Waals surface area contributed by atoms with E-state index >= 15 is 0 Å². The van der Waals surface area contributed by atoms with Gasteiger partial charge in [0.15, 0.2) is 0 Å². The van der Waals surface area contributed by atoms with Crippen LogP contribution in [0, 0.1) is 12.7 Å². The summed E-state index contributed by atoms with van der Waals surface area (Å²) in [6.07, 6.45) is -3.31. The highest BCUT2D eigenvalue weighted by atomic mass is 32.1. The number of aryl methyl sites for hydroxylation is 1. The van der Waals surface area contributed by atoms with Gasteiger partial charge in [-0.25, -0.2) is 9.37 Å². The Balaban J connectivity index is 2.57. The molecule has 6 heteroatoms. The molecule has 0 aliphatic heterocycles. The van der Waals surface area contributed by atoms with Crippen molar-refractivity contribution >= 4 is 11.3 Å². The zero-order valence-corrected chi connectivity index (χ0v) is 9.49. The Labute approximate surface area is 98.7 Å². The summed E-state index contributed by atoms with van der Waals surface area (Å²) in [5, 5.41) is 0.678. The molecule has 0 radical (unpaired) electrons. The summed E-state index contributed by atoms with van der Waals surface area (Å²) in [5.41, 5.74) is -1.31. The Hall–Kier alpha value is -1.43. The third kappa shape index (κ3) is 2.31. The van der Waals surface area contributed by atoms with Gasteiger partial charge in [0.05, 0.1) is 15.4 Å². The van der Waals surface area contributed by atoms with Gasteiger partial charge in [0, 0.05) is 11.8 Å². The lowest BCUT2D eigenvalue weighted by molar-refractivity contribution is -0.139. The van der Waals surface area contributed by atoms with Crippen LogP contribution in [0.1, 0.15) is 10.6 Å². The summed E-state index contributed by atoms with van der Waals surface area (Å²) in [6, 6.07) is 3.24. The smallest absolute Gasteiger partial charge is 0.249 e. The molecular formula is C11H7F4NS. The largest absolute Gasteiger partial charge is 0.419 e. The Morgan fingerprint density at radius 1 is 1.24 bits per heavy atom. The molecule has 1 nitrogen and oxygen atoms in total. The van der Waals surface area contributed by atoms with Gasteiger partial charge in [-0.1, -0.05) is 12.1 Å². The molecule has 2 rings (SSSR count). The molecule has 0 saturated heterocycles. The number of hydrogen-bond acceptors (Lipinski definition) is 2. The summed E-state index contributed by atoms with van der Waals surface area (Å²) in [6.45, 7) is 1.71. The molecule has 90 valence electrons. The first-order valence-electron chi connectivity index (χ1n) is 4.68. The number of thiazole rings is 1. The fraction of sp³-hybridized carbons (Fsp3) is 0.182. The highest BCUT2D eigenvalue weighted by molar-refractivity contribution is 7.15. The van der Waals surface area contributed by atoms with E-state index in [0.717, 1.165) is 17.4 Å². The summed E-state index contributed by atoms with van der Waals surface area (Å²) in [7, 11) is 0. The van der Waals surface area contributed by atoms with E-state index in [2.05, 4.69) is 4.98 Å². The number of halogens is 4. The van der Waals surface area contributed by atoms with Crippen LogP contribution >= 0.6 is 11.3 Å². The van der Waals surface area contributed by atoms with Gasteiger partial charge in [-0.05, 0) is 13.0 Å². The number of nitrogens with zero attached hydrogens (tertiary/aromatic N) is 1. The second-order valence-electron chi connectivity index (χ2n) is 3.41. The summed E-state index contributed by atoms with van der Waals surface area (Å²) < 4.78 is 51.2. The van der Waals surface area contributed by atoms with Crippen molar-refractivity contribution in [2.45, 2.75) is 13.1 Å². The molecule has 0 aliphatic carbocycles. The normalized spacial score (nSPS) is 11.8. The highest BCUT2D eigenvalue weighted by Crippen LogP contribution is 2.36. The average molecular weight is 261 g/mol. The molecule has 0 unspecified atom stereocenters. The molecule has 0 fully saturated rings. The van der Waals surface area contributed by atoms with Crippen LogP contribution in [0.25, 0.3) is 10.4 Å². The second kappa shape index (κ2) is 4.10. The number of benzene rings is 1. The lowest BCUT2D eigenvalue weighted by Crippen LogP contribution is -2.08. The van der Waals surface area contributed by atoms with Crippen LogP contribution in [0.4, 0.5) is 17.6 Å². The van der Waals surface area contributed by atoms with E-state index in [1.54, 1.807) is 6.92 Å². The van der Waals surface area contributed by atoms with E-state index in [9.17, 15) is 17.6 Å². The quantitative estimate of drug-likeness (QED) is 0.698. The molecule has 0 atom stereocenters. The van der Waals surface area contributed by atoms with Crippen LogP contribution in [0.2, 0.25) is 0 Å². The lowest BCUT2D eigenvalue weighted by atomic mass is 10.1. The molecule has 0 N–H and O–H groups in total. The van der Waals surface area contributed by atoms with E-state index < -0.39 is 17.6 Å². The number of aromatic nitrogens is 1. The Bertz CT molecular complexity index is 545. The molecule has 1 heterocycles. The Kier molecular flexibility index (Phi) is 2.91. The van der Waals surface area contributed by atoms with E-state index in [0.29, 0.717) is 9.88 Å². The van der Waals surface area contributed by atoms with Gasteiger partial charge in [-0.3, -0.25) is 0 Å². The van der Waals surface area contributed by atoms with Gasteiger partial charge in [-0.2, -0.15) is 13.2 Å². The van der Waals surface area contributed by atoms with Crippen molar-refractivity contribution in [1.82, 2.24) is 4.98 Å². The summed E-state index contributed by atoms with van der Waals surface area (Å²) >= 11 is 1.16. The number of alkyl halides is 3. The highest BCUT2D eigenvalue weighted by Gasteiger charge is 2.35. The van der Waals surface area contributed by atoms with Gasteiger partial charge in [0.25, 0.3) is 0 Å². The van der Waals surface area contributed by atoms with Crippen molar-refractivity contribution in [3.05, 3.63) is 40.8 Å². The third-order valence-corrected chi connectivity index (χ3v) is 3.14. The van der Waals surface area contributed by atoms with Crippen molar-refractivity contribution in [1.29, 1.82) is 0 Å². The molecule has 0 saturated carbocycles. The topological polar surface area (TPSA) is 12.9 Å². The summed E-state index contributed by atoms with van der Waals surface area (Å²) in [4.78, 5) is 4.29. The number of rotatable bonds is 1.